The molecule has 0 aliphatic rings. The van der Waals surface area contributed by atoms with Crippen molar-refractivity contribution in [1.29, 1.82) is 0 Å². The Labute approximate surface area is 81.5 Å². The standard InChI is InChI=1S/C12H20O/c1-3-5-6-7-8-9-11-12(13)10-4-2/h4,7-9,11-13H,2-3,5-6,10H2,1H3/b8-7+,11-9+/t12-/m1/s1. The van der Waals surface area contributed by atoms with Gasteiger partial charge in [-0.3, -0.25) is 0 Å². The van der Waals surface area contributed by atoms with Crippen LogP contribution in [0.5, 0.6) is 0 Å². The van der Waals surface area contributed by atoms with E-state index in [9.17, 15) is 5.11 Å². The third kappa shape index (κ3) is 9.09. The Morgan fingerprint density at radius 3 is 2.77 bits per heavy atom. The summed E-state index contributed by atoms with van der Waals surface area (Å²) in [5.74, 6) is 0. The molecule has 0 rings (SSSR count). The van der Waals surface area contributed by atoms with Gasteiger partial charge in [0.1, 0.15) is 0 Å². The third-order valence-electron chi connectivity index (χ3n) is 1.71. The Morgan fingerprint density at radius 1 is 1.38 bits per heavy atom. The fourth-order valence-corrected chi connectivity index (χ4v) is 0.939. The quantitative estimate of drug-likeness (QED) is 0.362. The van der Waals surface area contributed by atoms with Crippen molar-refractivity contribution in [3.8, 4) is 0 Å². The van der Waals surface area contributed by atoms with Gasteiger partial charge in [-0.25, -0.2) is 0 Å². The summed E-state index contributed by atoms with van der Waals surface area (Å²) >= 11 is 0. The number of aliphatic hydroxyl groups is 1. The zero-order valence-electron chi connectivity index (χ0n) is 8.45. The molecule has 1 nitrogen and oxygen atoms in total. The highest BCUT2D eigenvalue weighted by atomic mass is 16.3. The molecule has 0 fully saturated rings. The highest BCUT2D eigenvalue weighted by Crippen LogP contribution is 1.97. The molecule has 1 N–H and O–H groups in total. The van der Waals surface area contributed by atoms with Crippen molar-refractivity contribution >= 4 is 0 Å². The lowest BCUT2D eigenvalue weighted by Gasteiger charge is -1.97. The second-order valence-electron chi connectivity index (χ2n) is 3.05. The van der Waals surface area contributed by atoms with Gasteiger partial charge in [0.05, 0.1) is 6.10 Å². The molecule has 74 valence electrons. The molecule has 0 amide bonds. The molecular formula is C12H20O. The number of hydrogen-bond donors (Lipinski definition) is 1. The van der Waals surface area contributed by atoms with Crippen molar-refractivity contribution in [3.05, 3.63) is 37.0 Å². The molecule has 1 atom stereocenters. The molecule has 0 heterocycles. The second-order valence-corrected chi connectivity index (χ2v) is 3.05. The molecule has 0 saturated carbocycles. The maximum absolute atomic E-state index is 9.26. The van der Waals surface area contributed by atoms with Crippen LogP contribution in [0.15, 0.2) is 37.0 Å². The van der Waals surface area contributed by atoms with E-state index in [1.54, 1.807) is 12.2 Å². The van der Waals surface area contributed by atoms with Crippen LogP contribution < -0.4 is 0 Å². The third-order valence-corrected chi connectivity index (χ3v) is 1.71. The van der Waals surface area contributed by atoms with Gasteiger partial charge in [-0.1, -0.05) is 50.1 Å². The highest BCUT2D eigenvalue weighted by molar-refractivity contribution is 5.05. The summed E-state index contributed by atoms with van der Waals surface area (Å²) < 4.78 is 0. The fraction of sp³-hybridized carbons (Fsp3) is 0.500. The number of hydrogen-bond acceptors (Lipinski definition) is 1. The maximum Gasteiger partial charge on any atom is 0.0758 e. The first-order chi connectivity index (χ1) is 6.31. The van der Waals surface area contributed by atoms with Gasteiger partial charge in [0.15, 0.2) is 0 Å². The molecule has 0 aromatic heterocycles. The first-order valence-corrected chi connectivity index (χ1v) is 4.93. The SMILES string of the molecule is C=CC[C@@H](O)/C=C/C=C/CCCC. The van der Waals surface area contributed by atoms with E-state index < -0.39 is 0 Å². The van der Waals surface area contributed by atoms with E-state index in [0.29, 0.717) is 6.42 Å². The lowest BCUT2D eigenvalue weighted by molar-refractivity contribution is 0.227. The predicted octanol–water partition coefficient (Wildman–Crippen LogP) is 3.23. The van der Waals surface area contributed by atoms with Crippen LogP contribution in [0.4, 0.5) is 0 Å². The molecule has 0 bridgehead atoms. The first-order valence-electron chi connectivity index (χ1n) is 4.93. The summed E-state index contributed by atoms with van der Waals surface area (Å²) in [6.45, 7) is 5.74. The summed E-state index contributed by atoms with van der Waals surface area (Å²) in [7, 11) is 0. The molecule has 0 aliphatic carbocycles. The molecule has 0 saturated heterocycles. The normalized spacial score (nSPS) is 14.0. The van der Waals surface area contributed by atoms with Gasteiger partial charge in [-0.05, 0) is 12.8 Å². The number of unbranched alkanes of at least 4 members (excludes halogenated alkanes) is 2. The lowest BCUT2D eigenvalue weighted by atomic mass is 10.2. The molecule has 0 unspecified atom stereocenters. The van der Waals surface area contributed by atoms with Gasteiger partial charge < -0.3 is 5.11 Å². The van der Waals surface area contributed by atoms with Crippen molar-refractivity contribution < 1.29 is 5.11 Å². The van der Waals surface area contributed by atoms with Crippen LogP contribution in [0, 0.1) is 0 Å². The Bertz CT molecular complexity index is 168. The minimum atomic E-state index is -0.381. The summed E-state index contributed by atoms with van der Waals surface area (Å²) in [6.07, 6.45) is 13.3. The summed E-state index contributed by atoms with van der Waals surface area (Å²) in [5.41, 5.74) is 0. The smallest absolute Gasteiger partial charge is 0.0758 e. The van der Waals surface area contributed by atoms with E-state index in [1.165, 1.54) is 12.8 Å². The Hall–Kier alpha value is -0.820. The predicted molar refractivity (Wildman–Crippen MR) is 58.6 cm³/mol. The van der Waals surface area contributed by atoms with Gasteiger partial charge in [0, 0.05) is 0 Å². The van der Waals surface area contributed by atoms with Crippen LogP contribution in [0.2, 0.25) is 0 Å². The van der Waals surface area contributed by atoms with Crippen molar-refractivity contribution in [1.82, 2.24) is 0 Å². The largest absolute Gasteiger partial charge is 0.389 e. The summed E-state index contributed by atoms with van der Waals surface area (Å²) in [5, 5.41) is 9.26. The van der Waals surface area contributed by atoms with Crippen molar-refractivity contribution in [2.75, 3.05) is 0 Å². The zero-order chi connectivity index (χ0) is 9.94. The maximum atomic E-state index is 9.26. The van der Waals surface area contributed by atoms with Gasteiger partial charge in [0.25, 0.3) is 0 Å². The number of allylic oxidation sites excluding steroid dienone is 3. The van der Waals surface area contributed by atoms with Gasteiger partial charge in [-0.2, -0.15) is 0 Å². The van der Waals surface area contributed by atoms with Crippen LogP contribution in [-0.2, 0) is 0 Å². The minimum Gasteiger partial charge on any atom is -0.389 e. The van der Waals surface area contributed by atoms with Crippen LogP contribution in [0.25, 0.3) is 0 Å². The number of rotatable bonds is 7. The molecule has 0 aromatic carbocycles. The Morgan fingerprint density at radius 2 is 2.15 bits per heavy atom. The van der Waals surface area contributed by atoms with Crippen molar-refractivity contribution in [3.63, 3.8) is 0 Å². The van der Waals surface area contributed by atoms with Crippen molar-refractivity contribution in [2.45, 2.75) is 38.7 Å². The van der Waals surface area contributed by atoms with Crippen LogP contribution in [0.1, 0.15) is 32.6 Å². The van der Waals surface area contributed by atoms with E-state index in [-0.39, 0.29) is 6.10 Å². The van der Waals surface area contributed by atoms with E-state index in [4.69, 9.17) is 0 Å². The molecule has 1 heteroatoms. The average molecular weight is 180 g/mol. The van der Waals surface area contributed by atoms with E-state index in [1.807, 2.05) is 12.2 Å². The number of aliphatic hydroxyl groups excluding tert-OH is 1. The second kappa shape index (κ2) is 9.27. The Balaban J connectivity index is 3.48. The van der Waals surface area contributed by atoms with Crippen molar-refractivity contribution in [2.24, 2.45) is 0 Å². The van der Waals surface area contributed by atoms with Gasteiger partial charge in [0.2, 0.25) is 0 Å². The molecule has 0 spiro atoms. The lowest BCUT2D eigenvalue weighted by Crippen LogP contribution is -1.98. The average Bonchev–Trinajstić information content (AvgIpc) is 2.11. The van der Waals surface area contributed by atoms with Crippen LogP contribution >= 0.6 is 0 Å². The molecule has 0 radical (unpaired) electrons. The van der Waals surface area contributed by atoms with Crippen LogP contribution in [-0.4, -0.2) is 11.2 Å². The monoisotopic (exact) mass is 180 g/mol. The summed E-state index contributed by atoms with van der Waals surface area (Å²) in [4.78, 5) is 0. The molecule has 13 heavy (non-hydrogen) atoms. The zero-order valence-corrected chi connectivity index (χ0v) is 8.45. The van der Waals surface area contributed by atoms with E-state index >= 15 is 0 Å². The fourth-order valence-electron chi connectivity index (χ4n) is 0.939. The first kappa shape index (κ1) is 12.2. The summed E-state index contributed by atoms with van der Waals surface area (Å²) in [6, 6.07) is 0. The van der Waals surface area contributed by atoms with E-state index in [2.05, 4.69) is 19.6 Å². The highest BCUT2D eigenvalue weighted by Gasteiger charge is 1.90. The van der Waals surface area contributed by atoms with Gasteiger partial charge in [-0.15, -0.1) is 6.58 Å². The van der Waals surface area contributed by atoms with E-state index in [0.717, 1.165) is 6.42 Å². The van der Waals surface area contributed by atoms with Crippen LogP contribution in [0.3, 0.4) is 0 Å². The minimum absolute atomic E-state index is 0.381. The molecular weight excluding hydrogens is 160 g/mol. The molecule has 0 aromatic rings. The van der Waals surface area contributed by atoms with Gasteiger partial charge >= 0.3 is 0 Å². The Kier molecular flexibility index (Phi) is 8.68. The topological polar surface area (TPSA) is 20.2 Å². The molecule has 0 aliphatic heterocycles.